The van der Waals surface area contributed by atoms with Crippen molar-refractivity contribution < 1.29 is 19.4 Å². The lowest BCUT2D eigenvalue weighted by molar-refractivity contribution is -0.123. The van der Waals surface area contributed by atoms with Crippen molar-refractivity contribution in [2.75, 3.05) is 5.32 Å². The van der Waals surface area contributed by atoms with Gasteiger partial charge in [0.2, 0.25) is 0 Å². The highest BCUT2D eigenvalue weighted by Gasteiger charge is 2.27. The summed E-state index contributed by atoms with van der Waals surface area (Å²) >= 11 is 0. The third-order valence-corrected chi connectivity index (χ3v) is 2.60. The first-order chi connectivity index (χ1) is 8.11. The molecule has 1 aliphatic heterocycles. The van der Waals surface area contributed by atoms with Crippen LogP contribution in [0, 0.1) is 0 Å². The van der Waals surface area contributed by atoms with Crippen molar-refractivity contribution in [1.29, 1.82) is 0 Å². The van der Waals surface area contributed by atoms with Gasteiger partial charge in [0.15, 0.2) is 6.10 Å². The number of carboxylic acid groups (broad SMARTS) is 1. The summed E-state index contributed by atoms with van der Waals surface area (Å²) in [6.07, 6.45) is 1.01. The average Bonchev–Trinajstić information content (AvgIpc) is 2.29. The van der Waals surface area contributed by atoms with Crippen LogP contribution in [0.25, 0.3) is 0 Å². The smallest absolute Gasteiger partial charge is 0.335 e. The standard InChI is InChI=1S/C12H13NO4/c1-2-3-10-11(14)13-8-6-7(12(15)16)4-5-9(8)17-10/h4-6,10H,2-3H2,1H3,(H,13,14)(H,15,16). The molecule has 0 saturated heterocycles. The molecule has 0 aliphatic carbocycles. The Morgan fingerprint density at radius 1 is 1.53 bits per heavy atom. The van der Waals surface area contributed by atoms with Crippen LogP contribution in [-0.2, 0) is 4.79 Å². The minimum atomic E-state index is -1.03. The third kappa shape index (κ3) is 2.22. The third-order valence-electron chi connectivity index (χ3n) is 2.60. The number of carbonyl (C=O) groups is 2. The van der Waals surface area contributed by atoms with E-state index in [0.717, 1.165) is 6.42 Å². The highest BCUT2D eigenvalue weighted by atomic mass is 16.5. The molecule has 0 spiro atoms. The van der Waals surface area contributed by atoms with Crippen molar-refractivity contribution in [3.05, 3.63) is 23.8 Å². The first-order valence-corrected chi connectivity index (χ1v) is 5.46. The van der Waals surface area contributed by atoms with Crippen LogP contribution < -0.4 is 10.1 Å². The molecule has 1 unspecified atom stereocenters. The fourth-order valence-corrected chi connectivity index (χ4v) is 1.74. The molecule has 1 atom stereocenters. The summed E-state index contributed by atoms with van der Waals surface area (Å²) in [5.74, 6) is -0.729. The molecule has 1 aliphatic rings. The molecule has 90 valence electrons. The van der Waals surface area contributed by atoms with Gasteiger partial charge in [-0.1, -0.05) is 13.3 Å². The number of amides is 1. The van der Waals surface area contributed by atoms with E-state index in [0.29, 0.717) is 17.9 Å². The Hall–Kier alpha value is -2.04. The molecule has 5 heteroatoms. The Balaban J connectivity index is 2.28. The van der Waals surface area contributed by atoms with Crippen LogP contribution in [0.4, 0.5) is 5.69 Å². The van der Waals surface area contributed by atoms with Crippen LogP contribution in [0.2, 0.25) is 0 Å². The number of anilines is 1. The molecular formula is C12H13NO4. The van der Waals surface area contributed by atoms with E-state index in [2.05, 4.69) is 5.32 Å². The fourth-order valence-electron chi connectivity index (χ4n) is 1.74. The molecule has 1 aromatic carbocycles. The highest BCUT2D eigenvalue weighted by Crippen LogP contribution is 2.31. The first kappa shape index (κ1) is 11.4. The van der Waals surface area contributed by atoms with Crippen LogP contribution in [0.1, 0.15) is 30.1 Å². The maximum Gasteiger partial charge on any atom is 0.335 e. The number of carboxylic acids is 1. The van der Waals surface area contributed by atoms with E-state index in [4.69, 9.17) is 9.84 Å². The second-order valence-electron chi connectivity index (χ2n) is 3.90. The molecule has 2 rings (SSSR count). The Morgan fingerprint density at radius 3 is 2.94 bits per heavy atom. The van der Waals surface area contributed by atoms with Crippen molar-refractivity contribution in [2.24, 2.45) is 0 Å². The lowest BCUT2D eigenvalue weighted by Crippen LogP contribution is -2.36. The summed E-state index contributed by atoms with van der Waals surface area (Å²) in [6.45, 7) is 1.97. The van der Waals surface area contributed by atoms with Crippen LogP contribution in [0.15, 0.2) is 18.2 Å². The summed E-state index contributed by atoms with van der Waals surface area (Å²) in [5.41, 5.74) is 0.545. The van der Waals surface area contributed by atoms with Gasteiger partial charge in [-0.2, -0.15) is 0 Å². The van der Waals surface area contributed by atoms with Crippen molar-refractivity contribution >= 4 is 17.6 Å². The summed E-state index contributed by atoms with van der Waals surface area (Å²) in [4.78, 5) is 22.4. The van der Waals surface area contributed by atoms with E-state index >= 15 is 0 Å². The molecule has 0 radical (unpaired) electrons. The number of aromatic carboxylic acids is 1. The Labute approximate surface area is 98.4 Å². The SMILES string of the molecule is CCCC1Oc2ccc(C(=O)O)cc2NC1=O. The van der Waals surface area contributed by atoms with Gasteiger partial charge in [0.05, 0.1) is 11.3 Å². The number of hydrogen-bond donors (Lipinski definition) is 2. The van der Waals surface area contributed by atoms with E-state index < -0.39 is 12.1 Å². The van der Waals surface area contributed by atoms with E-state index in [9.17, 15) is 9.59 Å². The van der Waals surface area contributed by atoms with Crippen molar-refractivity contribution in [1.82, 2.24) is 0 Å². The molecule has 1 aromatic rings. The fraction of sp³-hybridized carbons (Fsp3) is 0.333. The van der Waals surface area contributed by atoms with Crippen molar-refractivity contribution in [3.8, 4) is 5.75 Å². The highest BCUT2D eigenvalue weighted by molar-refractivity contribution is 5.99. The Morgan fingerprint density at radius 2 is 2.29 bits per heavy atom. The summed E-state index contributed by atoms with van der Waals surface area (Å²) in [6, 6.07) is 4.43. The topological polar surface area (TPSA) is 75.6 Å². The number of fused-ring (bicyclic) bond motifs is 1. The van der Waals surface area contributed by atoms with Crippen LogP contribution in [0.3, 0.4) is 0 Å². The Bertz CT molecular complexity index is 470. The van der Waals surface area contributed by atoms with Crippen LogP contribution in [-0.4, -0.2) is 23.1 Å². The lowest BCUT2D eigenvalue weighted by Gasteiger charge is -2.25. The number of hydrogen-bond acceptors (Lipinski definition) is 3. The molecule has 1 amide bonds. The summed E-state index contributed by atoms with van der Waals surface area (Å²) in [5, 5.41) is 11.5. The predicted molar refractivity (Wildman–Crippen MR) is 61.4 cm³/mol. The van der Waals surface area contributed by atoms with Gasteiger partial charge in [-0.05, 0) is 24.6 Å². The van der Waals surface area contributed by atoms with Gasteiger partial charge in [-0.15, -0.1) is 0 Å². The van der Waals surface area contributed by atoms with Gasteiger partial charge >= 0.3 is 5.97 Å². The molecule has 1 heterocycles. The number of ether oxygens (including phenoxy) is 1. The van der Waals surface area contributed by atoms with Crippen LogP contribution in [0.5, 0.6) is 5.75 Å². The van der Waals surface area contributed by atoms with Crippen molar-refractivity contribution in [2.45, 2.75) is 25.9 Å². The van der Waals surface area contributed by atoms with Gasteiger partial charge in [0.25, 0.3) is 5.91 Å². The first-order valence-electron chi connectivity index (χ1n) is 5.46. The zero-order chi connectivity index (χ0) is 12.4. The number of nitrogens with one attached hydrogen (secondary N) is 1. The second-order valence-corrected chi connectivity index (χ2v) is 3.90. The minimum Gasteiger partial charge on any atom is -0.478 e. The van der Waals surface area contributed by atoms with Gasteiger partial charge < -0.3 is 15.2 Å². The molecule has 5 nitrogen and oxygen atoms in total. The number of rotatable bonds is 3. The minimum absolute atomic E-state index is 0.126. The van der Waals surface area contributed by atoms with Gasteiger partial charge in [0.1, 0.15) is 5.75 Å². The quantitative estimate of drug-likeness (QED) is 0.838. The molecule has 17 heavy (non-hydrogen) atoms. The number of carbonyl (C=O) groups excluding carboxylic acids is 1. The number of benzene rings is 1. The lowest BCUT2D eigenvalue weighted by atomic mass is 10.1. The molecule has 0 bridgehead atoms. The molecule has 2 N–H and O–H groups in total. The van der Waals surface area contributed by atoms with E-state index in [1.54, 1.807) is 6.07 Å². The van der Waals surface area contributed by atoms with E-state index in [-0.39, 0.29) is 11.5 Å². The maximum atomic E-state index is 11.6. The summed E-state index contributed by atoms with van der Waals surface area (Å²) < 4.78 is 5.51. The zero-order valence-corrected chi connectivity index (χ0v) is 9.40. The molecule has 0 saturated carbocycles. The van der Waals surface area contributed by atoms with Crippen molar-refractivity contribution in [3.63, 3.8) is 0 Å². The van der Waals surface area contributed by atoms with E-state index in [1.165, 1.54) is 12.1 Å². The normalized spacial score (nSPS) is 17.9. The predicted octanol–water partition coefficient (Wildman–Crippen LogP) is 1.88. The monoisotopic (exact) mass is 235 g/mol. The van der Waals surface area contributed by atoms with Gasteiger partial charge in [0, 0.05) is 0 Å². The molecule has 0 fully saturated rings. The summed E-state index contributed by atoms with van der Waals surface area (Å²) in [7, 11) is 0. The van der Waals surface area contributed by atoms with Crippen LogP contribution >= 0.6 is 0 Å². The van der Waals surface area contributed by atoms with Gasteiger partial charge in [-0.3, -0.25) is 4.79 Å². The largest absolute Gasteiger partial charge is 0.478 e. The second kappa shape index (κ2) is 4.45. The maximum absolute atomic E-state index is 11.6. The molecule has 0 aromatic heterocycles. The zero-order valence-electron chi connectivity index (χ0n) is 9.40. The van der Waals surface area contributed by atoms with E-state index in [1.807, 2.05) is 6.92 Å². The molecular weight excluding hydrogens is 222 g/mol. The Kier molecular flexibility index (Phi) is 2.99. The van der Waals surface area contributed by atoms with Gasteiger partial charge in [-0.25, -0.2) is 4.79 Å². The average molecular weight is 235 g/mol.